The first-order valence-electron chi connectivity index (χ1n) is 13.9. The van der Waals surface area contributed by atoms with Crippen molar-refractivity contribution in [3.8, 4) is 0 Å². The van der Waals surface area contributed by atoms with Gasteiger partial charge in [0.2, 0.25) is 0 Å². The molecule has 5 fully saturated rings. The van der Waals surface area contributed by atoms with Gasteiger partial charge in [-0.05, 0) is 136 Å². The molecular formula is C30H50O2. The first-order valence-corrected chi connectivity index (χ1v) is 13.9. The van der Waals surface area contributed by atoms with Crippen LogP contribution in [-0.4, -0.2) is 21.9 Å². The van der Waals surface area contributed by atoms with E-state index in [0.717, 1.165) is 30.6 Å². The van der Waals surface area contributed by atoms with Crippen molar-refractivity contribution < 1.29 is 10.2 Å². The van der Waals surface area contributed by atoms with E-state index in [1.807, 2.05) is 19.9 Å². The monoisotopic (exact) mass is 442 g/mol. The zero-order chi connectivity index (χ0) is 23.2. The molecule has 2 heteroatoms. The number of allylic oxidation sites excluding steroid dienone is 1. The Labute approximate surface area is 197 Å². The van der Waals surface area contributed by atoms with E-state index in [-0.39, 0.29) is 11.5 Å². The van der Waals surface area contributed by atoms with E-state index in [4.69, 9.17) is 0 Å². The summed E-state index contributed by atoms with van der Waals surface area (Å²) in [7, 11) is 0. The Bertz CT molecular complexity index is 776. The molecular weight excluding hydrogens is 392 g/mol. The molecule has 0 aromatic rings. The van der Waals surface area contributed by atoms with Crippen LogP contribution in [0.4, 0.5) is 0 Å². The molecule has 2 N–H and O–H groups in total. The zero-order valence-corrected chi connectivity index (χ0v) is 21.8. The maximum atomic E-state index is 10.8. The standard InChI is InChI=1S/C30H50O2/c1-25(2,32)15-9-7-8-10-21-13-16-28(6)23-12-11-22-26(3,4)24(31)14-17-29(22)20-30(23,29)19-18-27(21,28)5/h9,15,21-24,31-32H,7-8,10-14,16-20H2,1-6H3/b15-9+/t21?,22?,23?,24?,27-,28+,29?,30?/m1/s1. The Morgan fingerprint density at radius 1 is 0.844 bits per heavy atom. The van der Waals surface area contributed by atoms with Crippen molar-refractivity contribution in [2.24, 2.45) is 44.8 Å². The van der Waals surface area contributed by atoms with Gasteiger partial charge in [-0.3, -0.25) is 0 Å². The summed E-state index contributed by atoms with van der Waals surface area (Å²) in [5, 5.41) is 20.7. The Kier molecular flexibility index (Phi) is 5.19. The summed E-state index contributed by atoms with van der Waals surface area (Å²) in [5.41, 5.74) is 1.59. The Hall–Kier alpha value is -0.340. The fourth-order valence-corrected chi connectivity index (χ4v) is 10.8. The average Bonchev–Trinajstić information content (AvgIpc) is 3.29. The molecule has 182 valence electrons. The van der Waals surface area contributed by atoms with Crippen LogP contribution in [0.1, 0.15) is 119 Å². The molecule has 0 amide bonds. The van der Waals surface area contributed by atoms with Crippen LogP contribution in [0.15, 0.2) is 12.2 Å². The third-order valence-corrected chi connectivity index (χ3v) is 12.7. The molecule has 8 atom stereocenters. The summed E-state index contributed by atoms with van der Waals surface area (Å²) < 4.78 is 0. The van der Waals surface area contributed by atoms with Gasteiger partial charge in [0.05, 0.1) is 11.7 Å². The second-order valence-corrected chi connectivity index (χ2v) is 14.6. The van der Waals surface area contributed by atoms with Crippen molar-refractivity contribution in [3.63, 3.8) is 0 Å². The largest absolute Gasteiger partial charge is 0.393 e. The third kappa shape index (κ3) is 2.96. The van der Waals surface area contributed by atoms with Crippen LogP contribution in [0.25, 0.3) is 0 Å². The van der Waals surface area contributed by atoms with Crippen molar-refractivity contribution in [2.75, 3.05) is 0 Å². The van der Waals surface area contributed by atoms with E-state index in [1.165, 1.54) is 64.2 Å². The minimum Gasteiger partial charge on any atom is -0.393 e. The molecule has 32 heavy (non-hydrogen) atoms. The molecule has 6 unspecified atom stereocenters. The molecule has 0 heterocycles. The molecule has 5 aliphatic carbocycles. The van der Waals surface area contributed by atoms with Crippen LogP contribution >= 0.6 is 0 Å². The fourth-order valence-electron chi connectivity index (χ4n) is 10.8. The molecule has 0 aromatic carbocycles. The van der Waals surface area contributed by atoms with E-state index < -0.39 is 5.60 Å². The molecule has 5 saturated carbocycles. The molecule has 0 aliphatic heterocycles. The van der Waals surface area contributed by atoms with Crippen molar-refractivity contribution >= 4 is 0 Å². The topological polar surface area (TPSA) is 40.5 Å². The van der Waals surface area contributed by atoms with Crippen LogP contribution in [-0.2, 0) is 0 Å². The normalized spacial score (nSPS) is 51.6. The molecule has 2 nitrogen and oxygen atoms in total. The van der Waals surface area contributed by atoms with Gasteiger partial charge in [0.1, 0.15) is 0 Å². The fraction of sp³-hybridized carbons (Fsp3) is 0.933. The van der Waals surface area contributed by atoms with Gasteiger partial charge in [0, 0.05) is 0 Å². The van der Waals surface area contributed by atoms with Crippen molar-refractivity contribution in [1.82, 2.24) is 0 Å². The molecule has 5 rings (SSSR count). The first kappa shape index (κ1) is 23.4. The molecule has 0 radical (unpaired) electrons. The van der Waals surface area contributed by atoms with Gasteiger partial charge in [-0.25, -0.2) is 0 Å². The predicted octanol–water partition coefficient (Wildman–Crippen LogP) is 7.28. The summed E-state index contributed by atoms with van der Waals surface area (Å²) >= 11 is 0. The van der Waals surface area contributed by atoms with Crippen LogP contribution in [0.2, 0.25) is 0 Å². The highest BCUT2D eigenvalue weighted by molar-refractivity contribution is 5.30. The lowest BCUT2D eigenvalue weighted by atomic mass is 9.42. The highest BCUT2D eigenvalue weighted by atomic mass is 16.3. The van der Waals surface area contributed by atoms with E-state index in [9.17, 15) is 10.2 Å². The van der Waals surface area contributed by atoms with E-state index in [1.54, 1.807) is 0 Å². The zero-order valence-electron chi connectivity index (χ0n) is 21.8. The maximum absolute atomic E-state index is 10.8. The summed E-state index contributed by atoms with van der Waals surface area (Å²) in [6.07, 6.45) is 20.1. The number of rotatable bonds is 5. The van der Waals surface area contributed by atoms with Gasteiger partial charge >= 0.3 is 0 Å². The minimum atomic E-state index is -0.682. The molecule has 0 saturated heterocycles. The lowest BCUT2D eigenvalue weighted by Gasteiger charge is -2.63. The highest BCUT2D eigenvalue weighted by Crippen LogP contribution is 2.88. The van der Waals surface area contributed by atoms with Gasteiger partial charge in [0.25, 0.3) is 0 Å². The molecule has 0 aromatic heterocycles. The highest BCUT2D eigenvalue weighted by Gasteiger charge is 2.81. The Morgan fingerprint density at radius 3 is 2.25 bits per heavy atom. The Morgan fingerprint density at radius 2 is 1.53 bits per heavy atom. The summed E-state index contributed by atoms with van der Waals surface area (Å²) in [5.74, 6) is 2.52. The number of fused-ring (bicyclic) bond motifs is 2. The van der Waals surface area contributed by atoms with Crippen LogP contribution in [0.3, 0.4) is 0 Å². The number of hydrogen-bond donors (Lipinski definition) is 2. The van der Waals surface area contributed by atoms with Crippen LogP contribution < -0.4 is 0 Å². The van der Waals surface area contributed by atoms with Gasteiger partial charge in [-0.15, -0.1) is 0 Å². The average molecular weight is 443 g/mol. The van der Waals surface area contributed by atoms with Crippen molar-refractivity contribution in [2.45, 2.75) is 130 Å². The number of aliphatic hydroxyl groups excluding tert-OH is 1. The maximum Gasteiger partial charge on any atom is 0.0771 e. The van der Waals surface area contributed by atoms with Crippen LogP contribution in [0.5, 0.6) is 0 Å². The van der Waals surface area contributed by atoms with E-state index >= 15 is 0 Å². The van der Waals surface area contributed by atoms with Gasteiger partial charge in [0.15, 0.2) is 0 Å². The Balaban J connectivity index is 1.32. The minimum absolute atomic E-state index is 0.0990. The predicted molar refractivity (Wildman–Crippen MR) is 132 cm³/mol. The number of unbranched alkanes of at least 4 members (excludes halogenated alkanes) is 1. The van der Waals surface area contributed by atoms with Crippen LogP contribution in [0, 0.1) is 44.8 Å². The van der Waals surface area contributed by atoms with E-state index in [2.05, 4.69) is 33.8 Å². The van der Waals surface area contributed by atoms with Crippen molar-refractivity contribution in [1.29, 1.82) is 0 Å². The first-order chi connectivity index (χ1) is 14.8. The molecule has 5 aliphatic rings. The summed E-state index contributed by atoms with van der Waals surface area (Å²) in [6.45, 7) is 13.9. The SMILES string of the molecule is CC(C)(O)/C=C/CCCC1CC[C@@]2(C)C3CCC4C(C)(C)C(O)CCC45CC35CC[C@]12C. The lowest BCUT2D eigenvalue weighted by Crippen LogP contribution is -2.57. The van der Waals surface area contributed by atoms with Gasteiger partial charge in [-0.2, -0.15) is 0 Å². The van der Waals surface area contributed by atoms with Gasteiger partial charge in [-0.1, -0.05) is 39.8 Å². The van der Waals surface area contributed by atoms with E-state index in [0.29, 0.717) is 21.7 Å². The molecule has 0 bridgehead atoms. The summed E-state index contributed by atoms with van der Waals surface area (Å²) in [6, 6.07) is 0. The summed E-state index contributed by atoms with van der Waals surface area (Å²) in [4.78, 5) is 0. The second kappa shape index (κ2) is 7.09. The number of aliphatic hydroxyl groups is 2. The van der Waals surface area contributed by atoms with Crippen molar-refractivity contribution in [3.05, 3.63) is 12.2 Å². The number of hydrogen-bond acceptors (Lipinski definition) is 2. The molecule has 2 spiro atoms. The third-order valence-electron chi connectivity index (χ3n) is 12.7. The lowest BCUT2D eigenvalue weighted by molar-refractivity contribution is -0.159. The smallest absolute Gasteiger partial charge is 0.0771 e. The second-order valence-electron chi connectivity index (χ2n) is 14.6. The van der Waals surface area contributed by atoms with Gasteiger partial charge < -0.3 is 10.2 Å². The quantitative estimate of drug-likeness (QED) is 0.347.